The lowest BCUT2D eigenvalue weighted by molar-refractivity contribution is 1.64. The first-order valence-electron chi connectivity index (χ1n) is 4.15. The van der Waals surface area contributed by atoms with Gasteiger partial charge in [0.15, 0.2) is 0 Å². The van der Waals surface area contributed by atoms with Gasteiger partial charge in [0, 0.05) is 5.69 Å². The van der Waals surface area contributed by atoms with Crippen molar-refractivity contribution in [2.45, 2.75) is 0 Å². The molecular weight excluding hydrogens is 158 g/mol. The fourth-order valence-electron chi connectivity index (χ4n) is 0.965. The van der Waals surface area contributed by atoms with Crippen molar-refractivity contribution in [3.05, 3.63) is 60.7 Å². The molecule has 0 atom stereocenters. The first-order chi connectivity index (χ1) is 6.34. The second-order valence-electron chi connectivity index (χ2n) is 2.61. The van der Waals surface area contributed by atoms with E-state index in [1.807, 2.05) is 48.6 Å². The number of anilines is 1. The average molecular weight is 171 g/mol. The van der Waals surface area contributed by atoms with Crippen LogP contribution in [-0.2, 0) is 0 Å². The van der Waals surface area contributed by atoms with Gasteiger partial charge in [-0.25, -0.2) is 0 Å². The van der Waals surface area contributed by atoms with Crippen LogP contribution in [0.3, 0.4) is 0 Å². The van der Waals surface area contributed by atoms with Crippen molar-refractivity contribution >= 4 is 11.8 Å². The summed E-state index contributed by atoms with van der Waals surface area (Å²) >= 11 is 0. The molecule has 0 radical (unpaired) electrons. The normalized spacial score (nSPS) is 11.1. The summed E-state index contributed by atoms with van der Waals surface area (Å²) in [6.07, 6.45) is 9.43. The Bertz CT molecular complexity index is 335. The number of nitrogens with two attached hydrogens (primary N) is 1. The Morgan fingerprint density at radius 2 is 1.85 bits per heavy atom. The third-order valence-corrected chi connectivity index (χ3v) is 1.63. The minimum atomic E-state index is 0.797. The molecule has 1 nitrogen and oxygen atoms in total. The summed E-state index contributed by atoms with van der Waals surface area (Å²) in [6.45, 7) is 3.58. The molecule has 0 heterocycles. The van der Waals surface area contributed by atoms with Crippen LogP contribution < -0.4 is 5.73 Å². The molecule has 1 aromatic carbocycles. The van der Waals surface area contributed by atoms with Gasteiger partial charge in [-0.3, -0.25) is 0 Å². The van der Waals surface area contributed by atoms with E-state index in [9.17, 15) is 0 Å². The van der Waals surface area contributed by atoms with Crippen LogP contribution in [0.2, 0.25) is 0 Å². The zero-order chi connectivity index (χ0) is 9.52. The molecule has 66 valence electrons. The molecule has 13 heavy (non-hydrogen) atoms. The van der Waals surface area contributed by atoms with Gasteiger partial charge >= 0.3 is 0 Å². The van der Waals surface area contributed by atoms with Crippen molar-refractivity contribution in [2.75, 3.05) is 5.73 Å². The third kappa shape index (κ3) is 2.99. The Balaban J connectivity index is 2.74. The Labute approximate surface area is 78.9 Å². The molecule has 0 aromatic heterocycles. The number of benzene rings is 1. The van der Waals surface area contributed by atoms with E-state index in [2.05, 4.69) is 6.58 Å². The van der Waals surface area contributed by atoms with E-state index < -0.39 is 0 Å². The minimum absolute atomic E-state index is 0.797. The molecular formula is C12H13N. The molecule has 0 fully saturated rings. The number of allylic oxidation sites excluding steroid dienone is 4. The van der Waals surface area contributed by atoms with Crippen molar-refractivity contribution in [3.8, 4) is 0 Å². The lowest BCUT2D eigenvalue weighted by atomic mass is 10.1. The Morgan fingerprint density at radius 1 is 1.08 bits per heavy atom. The van der Waals surface area contributed by atoms with E-state index in [0.717, 1.165) is 11.3 Å². The van der Waals surface area contributed by atoms with Crippen LogP contribution in [-0.4, -0.2) is 0 Å². The maximum atomic E-state index is 5.74. The highest BCUT2D eigenvalue weighted by Gasteiger charge is 1.89. The maximum absolute atomic E-state index is 5.74. The standard InChI is InChI=1S/C12H13N/c1-2-3-4-5-8-11-9-6-7-10-12(11)13/h2-10H,1,13H2/b4-3-,8-5-. The molecule has 1 rings (SSSR count). The van der Waals surface area contributed by atoms with Gasteiger partial charge in [-0.2, -0.15) is 0 Å². The van der Waals surface area contributed by atoms with Crippen molar-refractivity contribution in [3.63, 3.8) is 0 Å². The second kappa shape index (κ2) is 4.99. The minimum Gasteiger partial charge on any atom is -0.398 e. The van der Waals surface area contributed by atoms with Gasteiger partial charge in [0.1, 0.15) is 0 Å². The van der Waals surface area contributed by atoms with Crippen LogP contribution in [0.25, 0.3) is 6.08 Å². The highest BCUT2D eigenvalue weighted by molar-refractivity contribution is 5.64. The fourth-order valence-corrected chi connectivity index (χ4v) is 0.965. The molecule has 0 unspecified atom stereocenters. The third-order valence-electron chi connectivity index (χ3n) is 1.63. The van der Waals surface area contributed by atoms with E-state index in [1.165, 1.54) is 0 Å². The summed E-state index contributed by atoms with van der Waals surface area (Å²) in [7, 11) is 0. The van der Waals surface area contributed by atoms with Gasteiger partial charge < -0.3 is 5.73 Å². The van der Waals surface area contributed by atoms with E-state index >= 15 is 0 Å². The highest BCUT2D eigenvalue weighted by atomic mass is 14.5. The molecule has 0 aliphatic heterocycles. The van der Waals surface area contributed by atoms with Crippen LogP contribution in [0, 0.1) is 0 Å². The number of hydrogen-bond donors (Lipinski definition) is 1. The smallest absolute Gasteiger partial charge is 0.0387 e. The number of para-hydroxylation sites is 1. The topological polar surface area (TPSA) is 26.0 Å². The van der Waals surface area contributed by atoms with Crippen LogP contribution >= 0.6 is 0 Å². The van der Waals surface area contributed by atoms with Crippen molar-refractivity contribution in [1.29, 1.82) is 0 Å². The summed E-state index contributed by atoms with van der Waals surface area (Å²) in [5.41, 5.74) is 7.57. The number of nitrogen functional groups attached to an aromatic ring is 1. The molecule has 2 N–H and O–H groups in total. The molecule has 0 spiro atoms. The molecule has 0 bridgehead atoms. The van der Waals surface area contributed by atoms with Gasteiger partial charge in [0.05, 0.1) is 0 Å². The lowest BCUT2D eigenvalue weighted by Crippen LogP contribution is -1.86. The van der Waals surface area contributed by atoms with Gasteiger partial charge in [-0.05, 0) is 11.6 Å². The molecule has 1 aromatic rings. The summed E-state index contributed by atoms with van der Waals surface area (Å²) < 4.78 is 0. The van der Waals surface area contributed by atoms with Crippen LogP contribution in [0.1, 0.15) is 5.56 Å². The average Bonchev–Trinajstić information content (AvgIpc) is 2.15. The van der Waals surface area contributed by atoms with Gasteiger partial charge in [-0.1, -0.05) is 55.2 Å². The second-order valence-corrected chi connectivity index (χ2v) is 2.61. The van der Waals surface area contributed by atoms with Crippen LogP contribution in [0.5, 0.6) is 0 Å². The first kappa shape index (κ1) is 9.33. The Kier molecular flexibility index (Phi) is 3.58. The van der Waals surface area contributed by atoms with Gasteiger partial charge in [-0.15, -0.1) is 0 Å². The maximum Gasteiger partial charge on any atom is 0.0387 e. The molecule has 0 aliphatic rings. The van der Waals surface area contributed by atoms with Crippen molar-refractivity contribution in [1.82, 2.24) is 0 Å². The van der Waals surface area contributed by atoms with E-state index in [1.54, 1.807) is 6.08 Å². The molecule has 0 amide bonds. The largest absolute Gasteiger partial charge is 0.398 e. The quantitative estimate of drug-likeness (QED) is 0.549. The highest BCUT2D eigenvalue weighted by Crippen LogP contribution is 2.11. The number of hydrogen-bond acceptors (Lipinski definition) is 1. The Hall–Kier alpha value is -1.76. The van der Waals surface area contributed by atoms with Crippen molar-refractivity contribution in [2.24, 2.45) is 0 Å². The lowest BCUT2D eigenvalue weighted by Gasteiger charge is -1.96. The molecule has 1 heteroatoms. The molecule has 0 saturated heterocycles. The first-order valence-corrected chi connectivity index (χ1v) is 4.15. The van der Waals surface area contributed by atoms with Crippen LogP contribution in [0.4, 0.5) is 5.69 Å². The zero-order valence-corrected chi connectivity index (χ0v) is 7.48. The summed E-state index contributed by atoms with van der Waals surface area (Å²) in [4.78, 5) is 0. The fraction of sp³-hybridized carbons (Fsp3) is 0. The predicted octanol–water partition coefficient (Wildman–Crippen LogP) is 3.02. The van der Waals surface area contributed by atoms with Crippen LogP contribution in [0.15, 0.2) is 55.1 Å². The van der Waals surface area contributed by atoms with Gasteiger partial charge in [0.25, 0.3) is 0 Å². The monoisotopic (exact) mass is 171 g/mol. The van der Waals surface area contributed by atoms with Gasteiger partial charge in [0.2, 0.25) is 0 Å². The molecule has 0 saturated carbocycles. The SMILES string of the molecule is C=C/C=C\C=C/c1ccccc1N. The van der Waals surface area contributed by atoms with E-state index in [-0.39, 0.29) is 0 Å². The summed E-state index contributed by atoms with van der Waals surface area (Å²) in [5.74, 6) is 0. The van der Waals surface area contributed by atoms with E-state index in [4.69, 9.17) is 5.73 Å². The molecule has 0 aliphatic carbocycles. The summed E-state index contributed by atoms with van der Waals surface area (Å²) in [6, 6.07) is 7.75. The summed E-state index contributed by atoms with van der Waals surface area (Å²) in [5, 5.41) is 0. The zero-order valence-electron chi connectivity index (χ0n) is 7.48. The number of rotatable bonds is 3. The van der Waals surface area contributed by atoms with E-state index in [0.29, 0.717) is 0 Å². The van der Waals surface area contributed by atoms with Crippen molar-refractivity contribution < 1.29 is 0 Å². The Morgan fingerprint density at radius 3 is 2.54 bits per heavy atom. The predicted molar refractivity (Wildman–Crippen MR) is 59.2 cm³/mol.